The van der Waals surface area contributed by atoms with E-state index in [1.54, 1.807) is 29.2 Å². The first kappa shape index (κ1) is 13.4. The first-order valence-corrected chi connectivity index (χ1v) is 6.34. The third-order valence-corrected chi connectivity index (χ3v) is 3.57. The van der Waals surface area contributed by atoms with Crippen LogP contribution in [0.25, 0.3) is 0 Å². The first-order chi connectivity index (χ1) is 9.15. The Labute approximate surface area is 112 Å². The van der Waals surface area contributed by atoms with Gasteiger partial charge in [-0.1, -0.05) is 13.0 Å². The molecule has 0 spiro atoms. The predicted molar refractivity (Wildman–Crippen MR) is 71.5 cm³/mol. The van der Waals surface area contributed by atoms with Crippen LogP contribution >= 0.6 is 0 Å². The fourth-order valence-electron chi connectivity index (χ4n) is 2.40. The smallest absolute Gasteiger partial charge is 0.322 e. The van der Waals surface area contributed by atoms with Gasteiger partial charge in [0.25, 0.3) is 0 Å². The minimum Gasteiger partial charge on any atom is -0.394 e. The number of hydrogen-bond donors (Lipinski definition) is 2. The van der Waals surface area contributed by atoms with Crippen LogP contribution in [0.2, 0.25) is 0 Å². The van der Waals surface area contributed by atoms with E-state index in [0.29, 0.717) is 23.7 Å². The molecule has 0 radical (unpaired) electrons. The normalized spacial score (nSPS) is 22.1. The monoisotopic (exact) mass is 259 g/mol. The summed E-state index contributed by atoms with van der Waals surface area (Å²) < 4.78 is 0. The lowest BCUT2D eigenvalue weighted by molar-refractivity contribution is 0.152. The largest absolute Gasteiger partial charge is 0.394 e. The van der Waals surface area contributed by atoms with Gasteiger partial charge in [0.1, 0.15) is 0 Å². The van der Waals surface area contributed by atoms with E-state index in [0.717, 1.165) is 6.42 Å². The zero-order valence-electron chi connectivity index (χ0n) is 10.8. The second-order valence-electron chi connectivity index (χ2n) is 4.83. The summed E-state index contributed by atoms with van der Waals surface area (Å²) in [5.41, 5.74) is 1.10. The van der Waals surface area contributed by atoms with Gasteiger partial charge in [-0.05, 0) is 30.5 Å². The van der Waals surface area contributed by atoms with E-state index in [2.05, 4.69) is 5.32 Å². The van der Waals surface area contributed by atoms with Crippen LogP contribution in [0.3, 0.4) is 0 Å². The predicted octanol–water partition coefficient (Wildman–Crippen LogP) is 1.79. The minimum absolute atomic E-state index is 0.0210. The van der Waals surface area contributed by atoms with Crippen LogP contribution in [0.4, 0.5) is 10.5 Å². The molecule has 100 valence electrons. The van der Waals surface area contributed by atoms with Crippen molar-refractivity contribution in [3.8, 4) is 6.07 Å². The van der Waals surface area contributed by atoms with Crippen LogP contribution in [0.15, 0.2) is 24.3 Å². The zero-order valence-corrected chi connectivity index (χ0v) is 10.8. The number of hydrogen-bond acceptors (Lipinski definition) is 3. The van der Waals surface area contributed by atoms with Gasteiger partial charge >= 0.3 is 6.03 Å². The third-order valence-electron chi connectivity index (χ3n) is 3.57. The lowest BCUT2D eigenvalue weighted by atomic mass is 10.0. The Morgan fingerprint density at radius 3 is 3.11 bits per heavy atom. The molecular weight excluding hydrogens is 242 g/mol. The topological polar surface area (TPSA) is 76.4 Å². The van der Waals surface area contributed by atoms with Gasteiger partial charge in [0.15, 0.2) is 0 Å². The van der Waals surface area contributed by atoms with Crippen molar-refractivity contribution in [3.05, 3.63) is 29.8 Å². The number of anilines is 1. The zero-order chi connectivity index (χ0) is 13.8. The van der Waals surface area contributed by atoms with E-state index in [1.165, 1.54) is 0 Å². The van der Waals surface area contributed by atoms with Crippen molar-refractivity contribution in [2.75, 3.05) is 18.5 Å². The number of nitrogens with zero attached hydrogens (tertiary/aromatic N) is 2. The van der Waals surface area contributed by atoms with E-state index >= 15 is 0 Å². The Hall–Kier alpha value is -2.06. The van der Waals surface area contributed by atoms with E-state index in [9.17, 15) is 9.90 Å². The Morgan fingerprint density at radius 1 is 1.63 bits per heavy atom. The quantitative estimate of drug-likeness (QED) is 0.850. The number of carbonyl (C=O) groups excluding carboxylic acids is 1. The summed E-state index contributed by atoms with van der Waals surface area (Å²) in [7, 11) is 0. The molecule has 19 heavy (non-hydrogen) atoms. The van der Waals surface area contributed by atoms with Gasteiger partial charge in [-0.3, -0.25) is 0 Å². The average molecular weight is 259 g/mol. The highest BCUT2D eigenvalue weighted by Gasteiger charge is 2.33. The molecule has 1 aliphatic rings. The summed E-state index contributed by atoms with van der Waals surface area (Å²) >= 11 is 0. The molecule has 0 saturated carbocycles. The number of benzene rings is 1. The van der Waals surface area contributed by atoms with E-state index < -0.39 is 0 Å². The number of nitriles is 1. The summed E-state index contributed by atoms with van der Waals surface area (Å²) in [6.45, 7) is 2.66. The van der Waals surface area contributed by atoms with Gasteiger partial charge in [0.2, 0.25) is 0 Å². The summed E-state index contributed by atoms with van der Waals surface area (Å²) in [6.07, 6.45) is 0.900. The summed E-state index contributed by atoms with van der Waals surface area (Å²) in [4.78, 5) is 13.8. The highest BCUT2D eigenvalue weighted by Crippen LogP contribution is 2.24. The molecule has 0 aliphatic carbocycles. The minimum atomic E-state index is -0.224. The molecule has 5 nitrogen and oxygen atoms in total. The van der Waals surface area contributed by atoms with E-state index in [4.69, 9.17) is 5.26 Å². The van der Waals surface area contributed by atoms with Gasteiger partial charge in [-0.15, -0.1) is 0 Å². The summed E-state index contributed by atoms with van der Waals surface area (Å²) in [6, 6.07) is 8.47. The van der Waals surface area contributed by atoms with Crippen LogP contribution < -0.4 is 5.32 Å². The molecule has 2 unspecified atom stereocenters. The molecule has 1 aromatic carbocycles. The molecule has 2 amide bonds. The Bertz CT molecular complexity index is 510. The number of likely N-dealkylation sites (tertiary alicyclic amines) is 1. The summed E-state index contributed by atoms with van der Waals surface area (Å²) in [5, 5.41) is 20.9. The van der Waals surface area contributed by atoms with Crippen LogP contribution in [-0.4, -0.2) is 35.2 Å². The van der Waals surface area contributed by atoms with Crippen LogP contribution in [0.1, 0.15) is 18.9 Å². The Balaban J connectivity index is 2.07. The number of amides is 2. The van der Waals surface area contributed by atoms with Crippen LogP contribution in [-0.2, 0) is 0 Å². The van der Waals surface area contributed by atoms with Gasteiger partial charge in [-0.2, -0.15) is 5.26 Å². The maximum atomic E-state index is 12.2. The SMILES string of the molecule is CC1CCN(C(=O)Nc2cccc(C#N)c2)C1CO. The fraction of sp³-hybridized carbons (Fsp3) is 0.429. The third kappa shape index (κ3) is 2.85. The highest BCUT2D eigenvalue weighted by atomic mass is 16.3. The molecule has 1 saturated heterocycles. The van der Waals surface area contributed by atoms with Gasteiger partial charge in [0, 0.05) is 12.2 Å². The summed E-state index contributed by atoms with van der Waals surface area (Å²) in [5.74, 6) is 0.307. The molecule has 0 bridgehead atoms. The second-order valence-corrected chi connectivity index (χ2v) is 4.83. The van der Waals surface area contributed by atoms with Crippen molar-refractivity contribution in [1.29, 1.82) is 5.26 Å². The van der Waals surface area contributed by atoms with Gasteiger partial charge in [0.05, 0.1) is 24.3 Å². The average Bonchev–Trinajstić information content (AvgIpc) is 2.80. The molecule has 1 heterocycles. The molecule has 1 aliphatic heterocycles. The molecule has 1 fully saturated rings. The standard InChI is InChI=1S/C14H17N3O2/c1-10-5-6-17(13(10)9-18)14(19)16-12-4-2-3-11(7-12)8-15/h2-4,7,10,13,18H,5-6,9H2,1H3,(H,16,19). The maximum absolute atomic E-state index is 12.2. The van der Waals surface area contributed by atoms with Crippen molar-refractivity contribution in [2.45, 2.75) is 19.4 Å². The van der Waals surface area contributed by atoms with Crippen molar-refractivity contribution in [2.24, 2.45) is 5.92 Å². The second kappa shape index (κ2) is 5.72. The van der Waals surface area contributed by atoms with Crippen molar-refractivity contribution in [1.82, 2.24) is 4.90 Å². The molecule has 1 aromatic rings. The van der Waals surface area contributed by atoms with E-state index in [-0.39, 0.29) is 18.7 Å². The van der Waals surface area contributed by atoms with Crippen molar-refractivity contribution < 1.29 is 9.90 Å². The number of aliphatic hydroxyl groups excluding tert-OH is 1. The molecule has 2 rings (SSSR count). The van der Waals surface area contributed by atoms with Gasteiger partial charge < -0.3 is 15.3 Å². The number of nitrogens with one attached hydrogen (secondary N) is 1. The van der Waals surface area contributed by atoms with Gasteiger partial charge in [-0.25, -0.2) is 4.79 Å². The molecular formula is C14H17N3O2. The molecule has 2 N–H and O–H groups in total. The molecule has 2 atom stereocenters. The first-order valence-electron chi connectivity index (χ1n) is 6.34. The number of rotatable bonds is 2. The fourth-order valence-corrected chi connectivity index (χ4v) is 2.40. The van der Waals surface area contributed by atoms with Crippen LogP contribution in [0, 0.1) is 17.2 Å². The van der Waals surface area contributed by atoms with E-state index in [1.807, 2.05) is 13.0 Å². The van der Waals surface area contributed by atoms with Crippen molar-refractivity contribution in [3.63, 3.8) is 0 Å². The Kier molecular flexibility index (Phi) is 4.03. The number of urea groups is 1. The number of carbonyl (C=O) groups is 1. The molecule has 5 heteroatoms. The Morgan fingerprint density at radius 2 is 2.42 bits per heavy atom. The van der Waals surface area contributed by atoms with Crippen LogP contribution in [0.5, 0.6) is 0 Å². The van der Waals surface area contributed by atoms with Crippen molar-refractivity contribution >= 4 is 11.7 Å². The lowest BCUT2D eigenvalue weighted by Gasteiger charge is -2.25. The molecule has 0 aromatic heterocycles. The maximum Gasteiger partial charge on any atom is 0.322 e. The highest BCUT2D eigenvalue weighted by molar-refractivity contribution is 5.90. The lowest BCUT2D eigenvalue weighted by Crippen LogP contribution is -2.42. The number of aliphatic hydroxyl groups is 1.